The fourth-order valence-corrected chi connectivity index (χ4v) is 2.23. The molecular formula is C13H17N3O2S. The topological polar surface area (TPSA) is 68.5 Å². The number of rotatable bonds is 2. The Balaban J connectivity index is 2.17. The Morgan fingerprint density at radius 2 is 2.26 bits per heavy atom. The van der Waals surface area contributed by atoms with Gasteiger partial charge in [-0.15, -0.1) is 0 Å². The average Bonchev–Trinajstić information content (AvgIpc) is 2.38. The minimum atomic E-state index is -0.355. The van der Waals surface area contributed by atoms with Crippen LogP contribution in [0.4, 0.5) is 0 Å². The average molecular weight is 279 g/mol. The molecule has 2 N–H and O–H groups in total. The maximum Gasteiger partial charge on any atom is 0.255 e. The number of aromatic nitrogens is 1. The van der Waals surface area contributed by atoms with Crippen LogP contribution in [0.5, 0.6) is 0 Å². The van der Waals surface area contributed by atoms with E-state index in [1.165, 1.54) is 0 Å². The van der Waals surface area contributed by atoms with E-state index in [0.29, 0.717) is 25.3 Å². The third kappa shape index (κ3) is 3.08. The van der Waals surface area contributed by atoms with E-state index in [2.05, 4.69) is 4.98 Å². The van der Waals surface area contributed by atoms with Crippen molar-refractivity contribution in [2.24, 2.45) is 5.73 Å². The Bertz CT molecular complexity index is 519. The van der Waals surface area contributed by atoms with Crippen molar-refractivity contribution in [2.45, 2.75) is 20.0 Å². The Hall–Kier alpha value is -1.53. The standard InChI is InChI=1S/C13H17N3O2S/c1-8-3-4-10(9(2)15-8)13(17)16-5-6-18-11(7-16)12(14)19/h3-4,11H,5-7H2,1-2H3,(H2,14,19). The minimum Gasteiger partial charge on any atom is -0.391 e. The summed E-state index contributed by atoms with van der Waals surface area (Å²) in [4.78, 5) is 18.8. The number of carbonyl (C=O) groups is 1. The largest absolute Gasteiger partial charge is 0.391 e. The summed E-state index contributed by atoms with van der Waals surface area (Å²) >= 11 is 4.92. The minimum absolute atomic E-state index is 0.0467. The van der Waals surface area contributed by atoms with Gasteiger partial charge in [-0.1, -0.05) is 12.2 Å². The van der Waals surface area contributed by atoms with Crippen LogP contribution in [0.3, 0.4) is 0 Å². The molecule has 1 fully saturated rings. The SMILES string of the molecule is Cc1ccc(C(=O)N2CCOC(C(N)=S)C2)c(C)n1. The summed E-state index contributed by atoms with van der Waals surface area (Å²) in [6.07, 6.45) is -0.355. The summed E-state index contributed by atoms with van der Waals surface area (Å²) in [6.45, 7) is 5.14. The normalized spacial score (nSPS) is 19.3. The van der Waals surface area contributed by atoms with Crippen molar-refractivity contribution in [3.05, 3.63) is 29.1 Å². The molecule has 1 aromatic rings. The molecule has 1 amide bonds. The van der Waals surface area contributed by atoms with Gasteiger partial charge in [0.05, 0.1) is 24.4 Å². The molecule has 0 bridgehead atoms. The number of nitrogens with two attached hydrogens (primary N) is 1. The molecule has 6 heteroatoms. The summed E-state index contributed by atoms with van der Waals surface area (Å²) < 4.78 is 5.43. The van der Waals surface area contributed by atoms with E-state index in [9.17, 15) is 4.79 Å². The number of pyridine rings is 1. The van der Waals surface area contributed by atoms with E-state index in [4.69, 9.17) is 22.7 Å². The van der Waals surface area contributed by atoms with Crippen LogP contribution in [0.15, 0.2) is 12.1 Å². The Morgan fingerprint density at radius 1 is 1.53 bits per heavy atom. The van der Waals surface area contributed by atoms with Crippen LogP contribution in [-0.2, 0) is 4.74 Å². The quantitative estimate of drug-likeness (QED) is 0.812. The highest BCUT2D eigenvalue weighted by atomic mass is 32.1. The van der Waals surface area contributed by atoms with Crippen molar-refractivity contribution < 1.29 is 9.53 Å². The number of amides is 1. The van der Waals surface area contributed by atoms with E-state index in [1.807, 2.05) is 26.0 Å². The van der Waals surface area contributed by atoms with Gasteiger partial charge in [-0.25, -0.2) is 0 Å². The highest BCUT2D eigenvalue weighted by Crippen LogP contribution is 2.13. The monoisotopic (exact) mass is 279 g/mol. The predicted molar refractivity (Wildman–Crippen MR) is 76.1 cm³/mol. The van der Waals surface area contributed by atoms with Gasteiger partial charge in [-0.3, -0.25) is 9.78 Å². The predicted octanol–water partition coefficient (Wildman–Crippen LogP) is 0.826. The Kier molecular flexibility index (Phi) is 4.11. The number of thiocarbonyl (C=S) groups is 1. The summed E-state index contributed by atoms with van der Waals surface area (Å²) in [5.41, 5.74) is 7.83. The number of nitrogens with zero attached hydrogens (tertiary/aromatic N) is 2. The van der Waals surface area contributed by atoms with Crippen LogP contribution in [-0.4, -0.2) is 46.6 Å². The molecule has 0 saturated carbocycles. The lowest BCUT2D eigenvalue weighted by molar-refractivity contribution is 0.00872. The zero-order valence-electron chi connectivity index (χ0n) is 11.0. The first-order chi connectivity index (χ1) is 8.99. The van der Waals surface area contributed by atoms with Gasteiger partial charge in [0.2, 0.25) is 0 Å². The fraction of sp³-hybridized carbons (Fsp3) is 0.462. The molecule has 1 atom stereocenters. The lowest BCUT2D eigenvalue weighted by Gasteiger charge is -2.32. The molecule has 19 heavy (non-hydrogen) atoms. The highest BCUT2D eigenvalue weighted by molar-refractivity contribution is 7.80. The molecular weight excluding hydrogens is 262 g/mol. The fourth-order valence-electron chi connectivity index (χ4n) is 2.09. The van der Waals surface area contributed by atoms with Crippen LogP contribution in [0, 0.1) is 13.8 Å². The van der Waals surface area contributed by atoms with Gasteiger partial charge >= 0.3 is 0 Å². The molecule has 0 radical (unpaired) electrons. The molecule has 2 rings (SSSR count). The first-order valence-corrected chi connectivity index (χ1v) is 6.54. The van der Waals surface area contributed by atoms with Gasteiger partial charge < -0.3 is 15.4 Å². The molecule has 1 aromatic heterocycles. The maximum absolute atomic E-state index is 12.4. The molecule has 1 aliphatic heterocycles. The van der Waals surface area contributed by atoms with Gasteiger partial charge in [0, 0.05) is 12.2 Å². The lowest BCUT2D eigenvalue weighted by Crippen LogP contribution is -2.50. The third-order valence-corrected chi connectivity index (χ3v) is 3.39. The van der Waals surface area contributed by atoms with E-state index in [-0.39, 0.29) is 17.0 Å². The molecule has 1 aliphatic rings. The van der Waals surface area contributed by atoms with Crippen LogP contribution in [0.2, 0.25) is 0 Å². The van der Waals surface area contributed by atoms with Crippen molar-refractivity contribution >= 4 is 23.1 Å². The highest BCUT2D eigenvalue weighted by Gasteiger charge is 2.27. The number of hydrogen-bond acceptors (Lipinski definition) is 4. The molecule has 1 saturated heterocycles. The molecule has 1 unspecified atom stereocenters. The Labute approximate surface area is 117 Å². The second-order valence-corrected chi connectivity index (χ2v) is 5.07. The van der Waals surface area contributed by atoms with Gasteiger partial charge in [-0.2, -0.15) is 0 Å². The smallest absolute Gasteiger partial charge is 0.255 e. The first kappa shape index (κ1) is 13.9. The van der Waals surface area contributed by atoms with Crippen LogP contribution >= 0.6 is 12.2 Å². The lowest BCUT2D eigenvalue weighted by atomic mass is 10.1. The van der Waals surface area contributed by atoms with Crippen molar-refractivity contribution in [1.29, 1.82) is 0 Å². The zero-order chi connectivity index (χ0) is 14.0. The van der Waals surface area contributed by atoms with Crippen molar-refractivity contribution in [2.75, 3.05) is 19.7 Å². The number of ether oxygens (including phenoxy) is 1. The zero-order valence-corrected chi connectivity index (χ0v) is 11.9. The van der Waals surface area contributed by atoms with Crippen molar-refractivity contribution in [1.82, 2.24) is 9.88 Å². The van der Waals surface area contributed by atoms with E-state index in [1.54, 1.807) is 4.90 Å². The number of hydrogen-bond donors (Lipinski definition) is 1. The maximum atomic E-state index is 12.4. The first-order valence-electron chi connectivity index (χ1n) is 6.13. The molecule has 0 spiro atoms. The number of carbonyl (C=O) groups excluding carboxylic acids is 1. The number of morpholine rings is 1. The van der Waals surface area contributed by atoms with Crippen LogP contribution < -0.4 is 5.73 Å². The second-order valence-electron chi connectivity index (χ2n) is 4.60. The summed E-state index contributed by atoms with van der Waals surface area (Å²) in [5, 5.41) is 0. The van der Waals surface area contributed by atoms with Gasteiger partial charge in [0.25, 0.3) is 5.91 Å². The molecule has 0 aromatic carbocycles. The van der Waals surface area contributed by atoms with Gasteiger partial charge in [0.1, 0.15) is 11.1 Å². The summed E-state index contributed by atoms with van der Waals surface area (Å²) in [7, 11) is 0. The molecule has 5 nitrogen and oxygen atoms in total. The summed E-state index contributed by atoms with van der Waals surface area (Å²) in [6, 6.07) is 3.65. The molecule has 102 valence electrons. The second kappa shape index (κ2) is 5.63. The third-order valence-electron chi connectivity index (χ3n) is 3.13. The molecule has 0 aliphatic carbocycles. The van der Waals surface area contributed by atoms with Crippen LogP contribution in [0.1, 0.15) is 21.7 Å². The number of aryl methyl sites for hydroxylation is 2. The van der Waals surface area contributed by atoms with E-state index >= 15 is 0 Å². The van der Waals surface area contributed by atoms with Gasteiger partial charge in [0.15, 0.2) is 0 Å². The van der Waals surface area contributed by atoms with Crippen molar-refractivity contribution in [3.63, 3.8) is 0 Å². The van der Waals surface area contributed by atoms with Crippen LogP contribution in [0.25, 0.3) is 0 Å². The van der Waals surface area contributed by atoms with E-state index in [0.717, 1.165) is 11.4 Å². The van der Waals surface area contributed by atoms with Crippen molar-refractivity contribution in [3.8, 4) is 0 Å². The van der Waals surface area contributed by atoms with Gasteiger partial charge in [-0.05, 0) is 26.0 Å². The Morgan fingerprint density at radius 3 is 2.89 bits per heavy atom. The molecule has 2 heterocycles. The van der Waals surface area contributed by atoms with E-state index < -0.39 is 0 Å². The summed E-state index contributed by atoms with van der Waals surface area (Å²) in [5.74, 6) is -0.0467.